The predicted octanol–water partition coefficient (Wildman–Crippen LogP) is 5.56. The maximum absolute atomic E-state index is 13.1. The van der Waals surface area contributed by atoms with Crippen molar-refractivity contribution in [3.63, 3.8) is 0 Å². The van der Waals surface area contributed by atoms with E-state index in [1.165, 1.54) is 5.56 Å². The summed E-state index contributed by atoms with van der Waals surface area (Å²) in [4.78, 5) is 13.1. The fourth-order valence-electron chi connectivity index (χ4n) is 4.01. The molecule has 1 aliphatic carbocycles. The molecule has 0 unspecified atom stereocenters. The summed E-state index contributed by atoms with van der Waals surface area (Å²) < 4.78 is 0. The molecule has 4 rings (SSSR count). The highest BCUT2D eigenvalue weighted by Gasteiger charge is 2.37. The van der Waals surface area contributed by atoms with Crippen LogP contribution in [0.15, 0.2) is 65.9 Å². The maximum atomic E-state index is 13.1. The van der Waals surface area contributed by atoms with Gasteiger partial charge in [0.25, 0.3) is 0 Å². The topological polar surface area (TPSA) is 41.1 Å². The van der Waals surface area contributed by atoms with Gasteiger partial charge < -0.3 is 10.6 Å². The van der Waals surface area contributed by atoms with E-state index in [9.17, 15) is 4.79 Å². The van der Waals surface area contributed by atoms with Gasteiger partial charge in [-0.3, -0.25) is 4.79 Å². The number of carbonyl (C=O) groups excluding carboxylic acids is 1. The lowest BCUT2D eigenvalue weighted by atomic mass is 9.74. The van der Waals surface area contributed by atoms with Crippen molar-refractivity contribution in [2.24, 2.45) is 5.41 Å². The summed E-state index contributed by atoms with van der Waals surface area (Å²) in [6, 6.07) is 16.4. The minimum atomic E-state index is -0.139. The Kier molecular flexibility index (Phi) is 4.39. The lowest BCUT2D eigenvalue weighted by molar-refractivity contribution is -0.118. The van der Waals surface area contributed by atoms with E-state index in [-0.39, 0.29) is 17.2 Å². The van der Waals surface area contributed by atoms with Gasteiger partial charge >= 0.3 is 0 Å². The molecule has 0 amide bonds. The molecule has 0 saturated carbocycles. The summed E-state index contributed by atoms with van der Waals surface area (Å²) in [5.74, 6) is 0.230. The summed E-state index contributed by atoms with van der Waals surface area (Å²) in [6.07, 6.45) is 5.66. The zero-order valence-corrected chi connectivity index (χ0v) is 16.2. The van der Waals surface area contributed by atoms with Crippen LogP contribution in [0.4, 0.5) is 11.4 Å². The van der Waals surface area contributed by atoms with Gasteiger partial charge in [-0.25, -0.2) is 0 Å². The molecule has 2 N–H and O–H groups in total. The average Bonchev–Trinajstić information content (AvgIpc) is 2.75. The summed E-state index contributed by atoms with van der Waals surface area (Å²) in [5.41, 5.74) is 6.30. The second-order valence-electron chi connectivity index (χ2n) is 8.40. The molecule has 0 aromatic heterocycles. The minimum absolute atomic E-state index is 0.0220. The second kappa shape index (κ2) is 6.73. The molecule has 27 heavy (non-hydrogen) atoms. The van der Waals surface area contributed by atoms with Crippen molar-refractivity contribution in [3.05, 3.63) is 77.0 Å². The van der Waals surface area contributed by atoms with Crippen molar-refractivity contribution in [2.45, 2.75) is 39.7 Å². The molecule has 0 bridgehead atoms. The number of rotatable bonds is 2. The summed E-state index contributed by atoms with van der Waals surface area (Å²) in [6.45, 7) is 6.42. The van der Waals surface area contributed by atoms with Gasteiger partial charge in [0, 0.05) is 17.7 Å². The molecule has 1 aliphatic heterocycles. The van der Waals surface area contributed by atoms with Crippen LogP contribution in [0, 0.1) is 12.3 Å². The third kappa shape index (κ3) is 3.68. The normalized spacial score (nSPS) is 21.1. The van der Waals surface area contributed by atoms with Crippen molar-refractivity contribution < 1.29 is 4.79 Å². The summed E-state index contributed by atoms with van der Waals surface area (Å²) in [7, 11) is 0. The third-order valence-electron chi connectivity index (χ3n) is 5.28. The quantitative estimate of drug-likeness (QED) is 0.739. The van der Waals surface area contributed by atoms with Gasteiger partial charge in [-0.1, -0.05) is 62.4 Å². The first-order valence-corrected chi connectivity index (χ1v) is 9.55. The summed E-state index contributed by atoms with van der Waals surface area (Å²) >= 11 is 0. The van der Waals surface area contributed by atoms with E-state index in [1.807, 2.05) is 18.2 Å². The van der Waals surface area contributed by atoms with E-state index >= 15 is 0 Å². The molecule has 3 heteroatoms. The van der Waals surface area contributed by atoms with Gasteiger partial charge in [-0.15, -0.1) is 0 Å². The average molecular weight is 358 g/mol. The molecule has 138 valence electrons. The number of benzene rings is 2. The fraction of sp³-hybridized carbons (Fsp3) is 0.292. The van der Waals surface area contributed by atoms with Crippen molar-refractivity contribution in [2.75, 3.05) is 10.6 Å². The van der Waals surface area contributed by atoms with Crippen molar-refractivity contribution in [1.82, 2.24) is 0 Å². The molecule has 2 aromatic carbocycles. The van der Waals surface area contributed by atoms with Crippen LogP contribution in [0.5, 0.6) is 0 Å². The Bertz CT molecular complexity index is 938. The van der Waals surface area contributed by atoms with Crippen LogP contribution in [0.25, 0.3) is 6.08 Å². The smallest absolute Gasteiger partial charge is 0.163 e. The number of hydrogen-bond acceptors (Lipinski definition) is 3. The molecule has 2 aromatic rings. The highest BCUT2D eigenvalue weighted by molar-refractivity contribution is 6.01. The fourth-order valence-corrected chi connectivity index (χ4v) is 4.01. The van der Waals surface area contributed by atoms with Crippen molar-refractivity contribution in [1.29, 1.82) is 0 Å². The highest BCUT2D eigenvalue weighted by atomic mass is 16.1. The Hall–Kier alpha value is -2.81. The van der Waals surface area contributed by atoms with Crippen LogP contribution < -0.4 is 10.6 Å². The van der Waals surface area contributed by atoms with E-state index in [4.69, 9.17) is 0 Å². The summed E-state index contributed by atoms with van der Waals surface area (Å²) in [5, 5.41) is 7.16. The third-order valence-corrected chi connectivity index (χ3v) is 5.28. The van der Waals surface area contributed by atoms with Gasteiger partial charge in [0.2, 0.25) is 0 Å². The molecule has 0 fully saturated rings. The Balaban J connectivity index is 1.78. The second-order valence-corrected chi connectivity index (χ2v) is 8.40. The van der Waals surface area contributed by atoms with Gasteiger partial charge in [-0.2, -0.15) is 0 Å². The van der Waals surface area contributed by atoms with Crippen molar-refractivity contribution in [3.8, 4) is 0 Å². The lowest BCUT2D eigenvalue weighted by Gasteiger charge is -2.33. The van der Waals surface area contributed by atoms with Crippen LogP contribution >= 0.6 is 0 Å². The first kappa shape index (κ1) is 17.6. The van der Waals surface area contributed by atoms with Crippen LogP contribution in [0.3, 0.4) is 0 Å². The molecule has 2 aliphatic rings. The van der Waals surface area contributed by atoms with Gasteiger partial charge in [-0.05, 0) is 42.0 Å². The molecule has 3 nitrogen and oxygen atoms in total. The standard InChI is InChI=1S/C24H26N2O/c1-16-9-11-18-20(13-16)26-19(12-10-17-7-5-4-6-8-17)23-21(25-18)14-24(2,3)15-22(23)27/h4-13,19,25-26H,14-15H2,1-3H3/b12-10+/t19-/m0/s1. The van der Waals surface area contributed by atoms with Crippen molar-refractivity contribution >= 4 is 23.2 Å². The van der Waals surface area contributed by atoms with Crippen LogP contribution in [0.2, 0.25) is 0 Å². The van der Waals surface area contributed by atoms with E-state index in [1.54, 1.807) is 0 Å². The van der Waals surface area contributed by atoms with E-state index in [2.05, 4.69) is 73.9 Å². The molecular weight excluding hydrogens is 332 g/mol. The number of ketones is 1. The Labute approximate surface area is 161 Å². The molecule has 1 heterocycles. The van der Waals surface area contributed by atoms with Crippen LogP contribution in [-0.4, -0.2) is 11.8 Å². The maximum Gasteiger partial charge on any atom is 0.163 e. The molecule has 0 saturated heterocycles. The highest BCUT2D eigenvalue weighted by Crippen LogP contribution is 2.42. The number of hydrogen-bond donors (Lipinski definition) is 2. The zero-order valence-electron chi connectivity index (χ0n) is 16.2. The first-order valence-electron chi connectivity index (χ1n) is 9.55. The van der Waals surface area contributed by atoms with Gasteiger partial charge in [0.05, 0.1) is 17.4 Å². The number of Topliss-reactive ketones (excluding diaryl/α,β-unsaturated/α-hetero) is 1. The minimum Gasteiger partial charge on any atom is -0.373 e. The number of aryl methyl sites for hydroxylation is 1. The molecule has 0 radical (unpaired) electrons. The Morgan fingerprint density at radius 1 is 1.04 bits per heavy atom. The number of allylic oxidation sites excluding steroid dienone is 1. The van der Waals surface area contributed by atoms with Crippen LogP contribution in [0.1, 0.15) is 37.8 Å². The van der Waals surface area contributed by atoms with Gasteiger partial charge in [0.15, 0.2) is 5.78 Å². The Morgan fingerprint density at radius 3 is 2.59 bits per heavy atom. The molecular formula is C24H26N2O. The van der Waals surface area contributed by atoms with E-state index in [0.29, 0.717) is 6.42 Å². The largest absolute Gasteiger partial charge is 0.373 e. The van der Waals surface area contributed by atoms with Crippen LogP contribution in [-0.2, 0) is 4.79 Å². The number of anilines is 2. The zero-order chi connectivity index (χ0) is 19.0. The van der Waals surface area contributed by atoms with Gasteiger partial charge in [0.1, 0.15) is 0 Å². The first-order chi connectivity index (χ1) is 12.9. The lowest BCUT2D eigenvalue weighted by Crippen LogP contribution is -2.34. The van der Waals surface area contributed by atoms with E-state index < -0.39 is 0 Å². The Morgan fingerprint density at radius 2 is 1.81 bits per heavy atom. The number of carbonyl (C=O) groups is 1. The molecule has 1 atom stereocenters. The number of nitrogens with one attached hydrogen (secondary N) is 2. The number of fused-ring (bicyclic) bond motifs is 1. The molecule has 0 spiro atoms. The van der Waals surface area contributed by atoms with E-state index in [0.717, 1.165) is 34.6 Å². The SMILES string of the molecule is Cc1ccc2c(c1)N[C@@H](/C=C/c1ccccc1)C1=C(CC(C)(C)CC1=O)N2. The predicted molar refractivity (Wildman–Crippen MR) is 113 cm³/mol. The monoisotopic (exact) mass is 358 g/mol.